The molecule has 1 aromatic carbocycles. The van der Waals surface area contributed by atoms with Crippen LogP contribution in [0.15, 0.2) is 36.5 Å². The molecule has 2 heterocycles. The molecular formula is C24H19FeN3O2+2. The standard InChI is InChI=1S/C19H14N3O2.C5H5.Fe/c23-18(12-4-1-2-5-12)21-14-7-8-17-15(11-14)16(19(24)22-17)10-13-6-3-9-20-13;1-2-4-5-3-1;/h1-11,20H,(H,21,23)(H,22,24);1-5H;/q;;+2/b16-10-;;. The van der Waals surface area contributed by atoms with Crippen molar-refractivity contribution in [2.45, 2.75) is 0 Å². The molecule has 2 fully saturated rings. The van der Waals surface area contributed by atoms with E-state index in [9.17, 15) is 9.59 Å². The summed E-state index contributed by atoms with van der Waals surface area (Å²) in [6.07, 6.45) is 20.7. The quantitative estimate of drug-likeness (QED) is 0.504. The molecule has 10 radical (unpaired) electrons. The van der Waals surface area contributed by atoms with Crippen molar-refractivity contribution in [3.8, 4) is 0 Å². The van der Waals surface area contributed by atoms with Gasteiger partial charge in [-0.1, -0.05) is 0 Å². The van der Waals surface area contributed by atoms with E-state index in [2.05, 4.69) is 15.6 Å². The first-order valence-corrected chi connectivity index (χ1v) is 9.21. The summed E-state index contributed by atoms with van der Waals surface area (Å²) in [6, 6.07) is 9.14. The fourth-order valence-electron chi connectivity index (χ4n) is 3.05. The average molecular weight is 437 g/mol. The third-order valence-corrected chi connectivity index (χ3v) is 4.46. The maximum Gasteiger partial charge on any atom is 2.00 e. The Morgan fingerprint density at radius 2 is 1.63 bits per heavy atom. The Hall–Kier alpha value is -2.30. The van der Waals surface area contributed by atoms with Gasteiger partial charge in [0.1, 0.15) is 0 Å². The van der Waals surface area contributed by atoms with Crippen molar-refractivity contribution in [2.24, 2.45) is 0 Å². The summed E-state index contributed by atoms with van der Waals surface area (Å²) < 4.78 is 0. The summed E-state index contributed by atoms with van der Waals surface area (Å²) in [7, 11) is 0. The maximum atomic E-state index is 12.2. The predicted octanol–water partition coefficient (Wildman–Crippen LogP) is 3.87. The minimum Gasteiger partial charge on any atom is -0.362 e. The number of aromatic nitrogens is 1. The minimum absolute atomic E-state index is 0. The molecule has 2 amide bonds. The molecule has 148 valence electrons. The van der Waals surface area contributed by atoms with E-state index in [4.69, 9.17) is 0 Å². The first-order chi connectivity index (χ1) is 14.2. The molecule has 2 aliphatic carbocycles. The Morgan fingerprint density at radius 1 is 0.933 bits per heavy atom. The van der Waals surface area contributed by atoms with E-state index in [0.717, 1.165) is 16.9 Å². The van der Waals surface area contributed by atoms with Crippen molar-refractivity contribution in [3.63, 3.8) is 0 Å². The summed E-state index contributed by atoms with van der Waals surface area (Å²) >= 11 is 0. The number of rotatable bonds is 3. The van der Waals surface area contributed by atoms with Gasteiger partial charge in [0.2, 0.25) is 5.91 Å². The zero-order chi connectivity index (χ0) is 20.1. The van der Waals surface area contributed by atoms with Gasteiger partial charge in [0.25, 0.3) is 5.91 Å². The Labute approximate surface area is 188 Å². The number of H-pyrrole nitrogens is 1. The number of carbonyl (C=O) groups excluding carboxylic acids is 2. The van der Waals surface area contributed by atoms with Crippen molar-refractivity contribution < 1.29 is 26.7 Å². The number of benzene rings is 1. The molecule has 5 nitrogen and oxygen atoms in total. The van der Waals surface area contributed by atoms with Crippen LogP contribution >= 0.6 is 0 Å². The fourth-order valence-corrected chi connectivity index (χ4v) is 3.05. The SMILES string of the molecule is O=C(Nc1ccc2c(c1)/C(=C/c1ccc[nH]1)C(=O)N2)[C]1[CH][CH][CH][CH]1.[CH]1[CH][CH][CH][CH]1.[Fe+2]. The first-order valence-electron chi connectivity index (χ1n) is 9.21. The molecule has 1 aliphatic heterocycles. The molecule has 0 atom stereocenters. The van der Waals surface area contributed by atoms with E-state index in [1.54, 1.807) is 37.2 Å². The zero-order valence-corrected chi connectivity index (χ0v) is 17.0. The van der Waals surface area contributed by atoms with E-state index < -0.39 is 0 Å². The molecule has 0 unspecified atom stereocenters. The number of hydrogen-bond donors (Lipinski definition) is 3. The molecule has 30 heavy (non-hydrogen) atoms. The Bertz CT molecular complexity index is 888. The molecule has 0 spiro atoms. The number of hydrogen-bond acceptors (Lipinski definition) is 2. The molecular weight excluding hydrogens is 418 g/mol. The van der Waals surface area contributed by atoms with Crippen molar-refractivity contribution >= 4 is 34.8 Å². The topological polar surface area (TPSA) is 74.0 Å². The molecule has 0 saturated heterocycles. The van der Waals surface area contributed by atoms with Crippen molar-refractivity contribution in [1.82, 2.24) is 4.98 Å². The van der Waals surface area contributed by atoms with Crippen molar-refractivity contribution in [1.29, 1.82) is 0 Å². The number of fused-ring (bicyclic) bond motifs is 1. The molecule has 2 saturated carbocycles. The molecule has 3 aliphatic rings. The van der Waals surface area contributed by atoms with Crippen LogP contribution in [0.3, 0.4) is 0 Å². The third kappa shape index (κ3) is 5.44. The summed E-state index contributed by atoms with van der Waals surface area (Å²) in [5.41, 5.74) is 3.57. The molecule has 2 aromatic rings. The summed E-state index contributed by atoms with van der Waals surface area (Å²) in [5.74, 6) is 0.276. The van der Waals surface area contributed by atoms with Gasteiger partial charge in [-0.15, -0.1) is 0 Å². The monoisotopic (exact) mass is 437 g/mol. The van der Waals surface area contributed by atoms with E-state index in [1.165, 1.54) is 0 Å². The van der Waals surface area contributed by atoms with Gasteiger partial charge in [-0.3, -0.25) is 9.59 Å². The van der Waals surface area contributed by atoms with Crippen molar-refractivity contribution in [3.05, 3.63) is 111 Å². The van der Waals surface area contributed by atoms with Crippen LogP contribution in [0.5, 0.6) is 0 Å². The summed E-state index contributed by atoms with van der Waals surface area (Å²) in [5, 5.41) is 5.69. The molecule has 0 bridgehead atoms. The van der Waals surface area contributed by atoms with Crippen LogP contribution in [0.25, 0.3) is 11.6 Å². The van der Waals surface area contributed by atoms with Crippen molar-refractivity contribution in [2.75, 3.05) is 10.6 Å². The average Bonchev–Trinajstić information content (AvgIpc) is 3.53. The summed E-state index contributed by atoms with van der Waals surface area (Å²) in [6.45, 7) is 0. The van der Waals surface area contributed by atoms with Crippen LogP contribution in [-0.2, 0) is 26.7 Å². The number of amides is 2. The number of anilines is 2. The van der Waals surface area contributed by atoms with Gasteiger partial charge in [0, 0.05) is 28.8 Å². The molecule has 1 aromatic heterocycles. The van der Waals surface area contributed by atoms with Gasteiger partial charge in [-0.2, -0.15) is 0 Å². The molecule has 5 rings (SSSR count). The fraction of sp³-hybridized carbons (Fsp3) is 0. The van der Waals surface area contributed by atoms with E-state index in [0.29, 0.717) is 17.2 Å². The minimum atomic E-state index is -0.174. The van der Waals surface area contributed by atoms with Crippen LogP contribution in [0.4, 0.5) is 11.4 Å². The second-order valence-electron chi connectivity index (χ2n) is 6.49. The number of carbonyl (C=O) groups is 2. The van der Waals surface area contributed by atoms with E-state index >= 15 is 0 Å². The third-order valence-electron chi connectivity index (χ3n) is 4.46. The van der Waals surface area contributed by atoms with E-state index in [1.807, 2.05) is 63.1 Å². The van der Waals surface area contributed by atoms with Crippen LogP contribution in [0.1, 0.15) is 11.3 Å². The predicted molar refractivity (Wildman–Crippen MR) is 114 cm³/mol. The van der Waals surface area contributed by atoms with E-state index in [-0.39, 0.29) is 28.9 Å². The number of nitrogens with one attached hydrogen (secondary N) is 3. The van der Waals surface area contributed by atoms with Crippen LogP contribution in [0, 0.1) is 63.7 Å². The van der Waals surface area contributed by atoms with Crippen LogP contribution < -0.4 is 10.6 Å². The van der Waals surface area contributed by atoms with Gasteiger partial charge in [-0.25, -0.2) is 0 Å². The van der Waals surface area contributed by atoms with Gasteiger partial charge in [0.15, 0.2) is 0 Å². The van der Waals surface area contributed by atoms with Crippen LogP contribution in [0.2, 0.25) is 0 Å². The largest absolute Gasteiger partial charge is 2.00 e. The Kier molecular flexibility index (Phi) is 7.94. The molecule has 6 heteroatoms. The molecule has 3 N–H and O–H groups in total. The number of aromatic amines is 1. The Morgan fingerprint density at radius 3 is 2.27 bits per heavy atom. The smallest absolute Gasteiger partial charge is 0.362 e. The van der Waals surface area contributed by atoms with Gasteiger partial charge >= 0.3 is 17.1 Å². The van der Waals surface area contributed by atoms with Crippen LogP contribution in [-0.4, -0.2) is 16.8 Å². The normalized spacial score (nSPS) is 18.9. The zero-order valence-electron chi connectivity index (χ0n) is 15.9. The second-order valence-corrected chi connectivity index (χ2v) is 6.49. The Balaban J connectivity index is 0.000000376. The van der Waals surface area contributed by atoms with Gasteiger partial charge in [0.05, 0.1) is 11.5 Å². The van der Waals surface area contributed by atoms with Gasteiger partial charge in [-0.05, 0) is 94.2 Å². The maximum absolute atomic E-state index is 12.2. The summed E-state index contributed by atoms with van der Waals surface area (Å²) in [4.78, 5) is 27.4. The van der Waals surface area contributed by atoms with Gasteiger partial charge < -0.3 is 15.6 Å². The second kappa shape index (κ2) is 10.6. The first kappa shape index (κ1) is 22.4.